The van der Waals surface area contributed by atoms with Crippen molar-refractivity contribution in [2.75, 3.05) is 32.7 Å². The van der Waals surface area contributed by atoms with E-state index in [4.69, 9.17) is 0 Å². The maximum atomic E-state index is 11.6. The van der Waals surface area contributed by atoms with Crippen LogP contribution in [0.1, 0.15) is 43.8 Å². The van der Waals surface area contributed by atoms with E-state index in [9.17, 15) is 4.79 Å². The van der Waals surface area contributed by atoms with Gasteiger partial charge in [0.15, 0.2) is 5.96 Å². The average molecular weight is 479 g/mol. The molecule has 0 radical (unpaired) electrons. The van der Waals surface area contributed by atoms with Gasteiger partial charge in [-0.2, -0.15) is 0 Å². The highest BCUT2D eigenvalue weighted by atomic mass is 127. The molecule has 1 aromatic rings. The number of hydrogen-bond acceptors (Lipinski definition) is 4. The van der Waals surface area contributed by atoms with E-state index in [2.05, 4.69) is 39.8 Å². The summed E-state index contributed by atoms with van der Waals surface area (Å²) in [6, 6.07) is 0. The minimum absolute atomic E-state index is 0. The molecule has 0 saturated carbocycles. The van der Waals surface area contributed by atoms with Crippen molar-refractivity contribution in [3.8, 4) is 0 Å². The van der Waals surface area contributed by atoms with Crippen LogP contribution in [0, 0.1) is 0 Å². The van der Waals surface area contributed by atoms with E-state index in [0.29, 0.717) is 12.3 Å². The van der Waals surface area contributed by atoms with Gasteiger partial charge in [0.05, 0.1) is 10.7 Å². The number of aliphatic imine (C=N–C) groups is 1. The van der Waals surface area contributed by atoms with E-state index in [1.165, 1.54) is 5.01 Å². The quantitative estimate of drug-likeness (QED) is 0.247. The molecular formula is C17H30IN5OS. The first kappa shape index (κ1) is 22.1. The van der Waals surface area contributed by atoms with Crippen molar-refractivity contribution in [2.45, 2.75) is 46.0 Å². The van der Waals surface area contributed by atoms with Gasteiger partial charge in [-0.05, 0) is 26.2 Å². The number of rotatable bonds is 9. The lowest BCUT2D eigenvalue weighted by molar-refractivity contribution is -0.127. The highest BCUT2D eigenvalue weighted by Gasteiger charge is 2.18. The van der Waals surface area contributed by atoms with Crippen molar-refractivity contribution >= 4 is 47.2 Å². The van der Waals surface area contributed by atoms with E-state index in [-0.39, 0.29) is 24.0 Å². The van der Waals surface area contributed by atoms with Crippen molar-refractivity contribution in [1.82, 2.24) is 20.5 Å². The van der Waals surface area contributed by atoms with Crippen LogP contribution in [0.25, 0.3) is 0 Å². The van der Waals surface area contributed by atoms with E-state index < -0.39 is 0 Å². The second-order valence-electron chi connectivity index (χ2n) is 5.86. The third-order valence-corrected chi connectivity index (χ3v) is 4.99. The van der Waals surface area contributed by atoms with Crippen LogP contribution in [0.2, 0.25) is 0 Å². The Morgan fingerprint density at radius 3 is 2.88 bits per heavy atom. The van der Waals surface area contributed by atoms with Gasteiger partial charge in [-0.3, -0.25) is 9.79 Å². The summed E-state index contributed by atoms with van der Waals surface area (Å²) in [4.78, 5) is 22.7. The Labute approximate surface area is 171 Å². The largest absolute Gasteiger partial charge is 0.357 e. The molecule has 1 aliphatic heterocycles. The monoisotopic (exact) mass is 479 g/mol. The van der Waals surface area contributed by atoms with Gasteiger partial charge in [0.1, 0.15) is 0 Å². The number of hydrogen-bond donors (Lipinski definition) is 2. The maximum Gasteiger partial charge on any atom is 0.222 e. The van der Waals surface area contributed by atoms with Crippen molar-refractivity contribution in [2.24, 2.45) is 4.99 Å². The summed E-state index contributed by atoms with van der Waals surface area (Å²) in [5.74, 6) is 1.13. The lowest BCUT2D eigenvalue weighted by Crippen LogP contribution is -2.38. The Morgan fingerprint density at radius 2 is 2.24 bits per heavy atom. The molecule has 0 spiro atoms. The summed E-state index contributed by atoms with van der Waals surface area (Å²) < 4.78 is 0. The maximum absolute atomic E-state index is 11.6. The highest BCUT2D eigenvalue weighted by molar-refractivity contribution is 14.0. The minimum atomic E-state index is 0. The van der Waals surface area contributed by atoms with Crippen LogP contribution in [-0.2, 0) is 17.6 Å². The number of carbonyl (C=O) groups excluding carboxylic acids is 1. The molecule has 6 nitrogen and oxygen atoms in total. The first-order valence-corrected chi connectivity index (χ1v) is 9.84. The van der Waals surface area contributed by atoms with E-state index in [1.807, 2.05) is 4.90 Å². The predicted molar refractivity (Wildman–Crippen MR) is 115 cm³/mol. The number of guanidine groups is 1. The van der Waals surface area contributed by atoms with Gasteiger partial charge in [-0.25, -0.2) is 4.98 Å². The molecule has 25 heavy (non-hydrogen) atoms. The molecule has 2 rings (SSSR count). The molecule has 8 heteroatoms. The van der Waals surface area contributed by atoms with Gasteiger partial charge in [-0.15, -0.1) is 35.3 Å². The van der Waals surface area contributed by atoms with Crippen molar-refractivity contribution in [3.63, 3.8) is 0 Å². The Morgan fingerprint density at radius 1 is 1.40 bits per heavy atom. The number of amides is 1. The van der Waals surface area contributed by atoms with Crippen LogP contribution in [0.4, 0.5) is 0 Å². The zero-order valence-electron chi connectivity index (χ0n) is 15.2. The highest BCUT2D eigenvalue weighted by Crippen LogP contribution is 2.10. The number of thiazole rings is 1. The van der Waals surface area contributed by atoms with Crippen molar-refractivity contribution in [1.29, 1.82) is 0 Å². The number of aromatic nitrogens is 1. The molecule has 2 N–H and O–H groups in total. The topological polar surface area (TPSA) is 69.6 Å². The number of aryl methyl sites for hydroxylation is 1. The van der Waals surface area contributed by atoms with Crippen molar-refractivity contribution in [3.05, 3.63) is 16.1 Å². The van der Waals surface area contributed by atoms with Crippen molar-refractivity contribution < 1.29 is 4.79 Å². The van der Waals surface area contributed by atoms with E-state index in [0.717, 1.165) is 70.1 Å². The Kier molecular flexibility index (Phi) is 11.0. The van der Waals surface area contributed by atoms with Crippen LogP contribution in [0.5, 0.6) is 0 Å². The summed E-state index contributed by atoms with van der Waals surface area (Å²) in [5, 5.41) is 9.95. The number of likely N-dealkylation sites (tertiary alicyclic amines) is 1. The molecule has 0 aromatic carbocycles. The number of halogens is 1. The summed E-state index contributed by atoms with van der Waals surface area (Å²) in [7, 11) is 0. The van der Waals surface area contributed by atoms with Gasteiger partial charge in [0.25, 0.3) is 0 Å². The van der Waals surface area contributed by atoms with Gasteiger partial charge in [0.2, 0.25) is 5.91 Å². The predicted octanol–water partition coefficient (Wildman–Crippen LogP) is 2.43. The fourth-order valence-corrected chi connectivity index (χ4v) is 3.45. The van der Waals surface area contributed by atoms with Crippen LogP contribution in [0.3, 0.4) is 0 Å². The summed E-state index contributed by atoms with van der Waals surface area (Å²) in [6.07, 6.45) is 4.53. The zero-order valence-corrected chi connectivity index (χ0v) is 18.4. The second kappa shape index (κ2) is 12.5. The molecule has 142 valence electrons. The Hall–Kier alpha value is -0.900. The Bertz CT molecular complexity index is 549. The Balaban J connectivity index is 0.00000312. The lowest BCUT2D eigenvalue weighted by Gasteiger charge is -2.15. The molecule has 1 aromatic heterocycles. The fraction of sp³-hybridized carbons (Fsp3) is 0.706. The standard InChI is InChI=1S/C17H29N5OS.HI/c1-3-15-21-14(13-24-15)8-10-20-17(18-4-2)19-9-6-12-22-11-5-7-16(22)23;/h13H,3-12H2,1-2H3,(H2,18,19,20);1H. The fourth-order valence-electron chi connectivity index (χ4n) is 2.67. The molecule has 1 fully saturated rings. The van der Waals surface area contributed by atoms with Crippen LogP contribution in [-0.4, -0.2) is 54.5 Å². The average Bonchev–Trinajstić information content (AvgIpc) is 3.20. The minimum Gasteiger partial charge on any atom is -0.357 e. The van der Waals surface area contributed by atoms with Crippen LogP contribution in [0.15, 0.2) is 10.4 Å². The molecule has 1 saturated heterocycles. The van der Waals surface area contributed by atoms with Gasteiger partial charge < -0.3 is 15.5 Å². The molecule has 0 unspecified atom stereocenters. The van der Waals surface area contributed by atoms with Gasteiger partial charge in [0, 0.05) is 50.9 Å². The molecular weight excluding hydrogens is 449 g/mol. The molecule has 0 atom stereocenters. The molecule has 0 aliphatic carbocycles. The molecule has 0 bridgehead atoms. The van der Waals surface area contributed by atoms with E-state index in [1.54, 1.807) is 11.3 Å². The number of nitrogens with one attached hydrogen (secondary N) is 2. The zero-order chi connectivity index (χ0) is 17.2. The molecule has 1 amide bonds. The van der Waals surface area contributed by atoms with Crippen LogP contribution < -0.4 is 10.6 Å². The first-order valence-electron chi connectivity index (χ1n) is 8.96. The molecule has 2 heterocycles. The van der Waals surface area contributed by atoms with Gasteiger partial charge >= 0.3 is 0 Å². The van der Waals surface area contributed by atoms with Gasteiger partial charge in [-0.1, -0.05) is 6.92 Å². The number of nitrogens with zero attached hydrogens (tertiary/aromatic N) is 3. The summed E-state index contributed by atoms with van der Waals surface area (Å²) >= 11 is 1.73. The summed E-state index contributed by atoms with van der Waals surface area (Å²) in [6.45, 7) is 8.32. The first-order chi connectivity index (χ1) is 11.7. The number of carbonyl (C=O) groups is 1. The third-order valence-electron chi connectivity index (χ3n) is 3.95. The normalized spacial score (nSPS) is 14.6. The SMILES string of the molecule is CCNC(=NCCCN1CCCC1=O)NCCc1csc(CC)n1.I. The lowest BCUT2D eigenvalue weighted by atomic mass is 10.3. The van der Waals surface area contributed by atoms with E-state index >= 15 is 0 Å². The summed E-state index contributed by atoms with van der Waals surface area (Å²) in [5.41, 5.74) is 1.15. The smallest absolute Gasteiger partial charge is 0.222 e. The molecule has 1 aliphatic rings. The second-order valence-corrected chi connectivity index (χ2v) is 6.80. The van der Waals surface area contributed by atoms with Crippen LogP contribution >= 0.6 is 35.3 Å². The third kappa shape index (κ3) is 7.89.